The van der Waals surface area contributed by atoms with E-state index in [4.69, 9.17) is 0 Å². The van der Waals surface area contributed by atoms with Crippen LogP contribution in [-0.4, -0.2) is 5.78 Å². The Hall–Kier alpha value is -2.18. The Morgan fingerprint density at radius 3 is 2.07 bits per heavy atom. The van der Waals surface area contributed by atoms with E-state index in [1.54, 1.807) is 42.5 Å². The number of benzene rings is 3. The first-order chi connectivity index (χ1) is 14.1. The molecule has 0 unspecified atom stereocenters. The van der Waals surface area contributed by atoms with Crippen molar-refractivity contribution in [3.63, 3.8) is 0 Å². The molecular weight excluding hydrogens is 477 g/mol. The molecule has 30 heavy (non-hydrogen) atoms. The number of rotatable bonds is 7. The molecule has 8 heteroatoms. The van der Waals surface area contributed by atoms with Crippen molar-refractivity contribution in [3.05, 3.63) is 106 Å². The molecule has 0 aliphatic carbocycles. The molecule has 0 aromatic heterocycles. The first-order valence-electron chi connectivity index (χ1n) is 8.94. The molecule has 0 aliphatic heterocycles. The highest BCUT2D eigenvalue weighted by Crippen LogP contribution is 2.54. The largest absolute Gasteiger partial charge is 0.806 e. The van der Waals surface area contributed by atoms with Crippen molar-refractivity contribution >= 4 is 29.3 Å². The number of hydrogen-bond acceptors (Lipinski definition) is 4. The Morgan fingerprint density at radius 2 is 1.53 bits per heavy atom. The predicted molar refractivity (Wildman–Crippen MR) is 109 cm³/mol. The molecule has 0 radical (unpaired) electrons. The molecule has 0 spiro atoms. The Kier molecular flexibility index (Phi) is 6.68. The van der Waals surface area contributed by atoms with Crippen LogP contribution in [0.25, 0.3) is 0 Å². The monoisotopic (exact) mass is 492 g/mol. The van der Waals surface area contributed by atoms with Gasteiger partial charge in [0.1, 0.15) is 0 Å². The van der Waals surface area contributed by atoms with Crippen LogP contribution in [0, 0.1) is 0 Å². The molecule has 3 aromatic rings. The first-order valence-corrected chi connectivity index (χ1v) is 11.3. The topological polar surface area (TPSA) is 80.3 Å². The molecule has 0 aliphatic rings. The molecule has 3 rings (SSSR count). The van der Waals surface area contributed by atoms with Crippen molar-refractivity contribution in [3.8, 4) is 0 Å². The molecule has 0 bridgehead atoms. The van der Waals surface area contributed by atoms with Gasteiger partial charge in [-0.15, -0.1) is 0 Å². The van der Waals surface area contributed by atoms with Crippen LogP contribution < -0.4 is 9.79 Å². The van der Waals surface area contributed by atoms with Crippen molar-refractivity contribution in [2.24, 2.45) is 0 Å². The first kappa shape index (κ1) is 22.5. The zero-order valence-corrected chi connectivity index (χ0v) is 18.0. The lowest BCUT2D eigenvalue weighted by molar-refractivity contribution is -0.335. The number of carbonyl (C=O) groups is 1. The maximum absolute atomic E-state index is 14.0. The van der Waals surface area contributed by atoms with Gasteiger partial charge in [0, 0.05) is 23.2 Å². The van der Waals surface area contributed by atoms with Gasteiger partial charge in [0.25, 0.3) is 5.66 Å². The van der Waals surface area contributed by atoms with E-state index in [2.05, 4.69) is 15.9 Å². The van der Waals surface area contributed by atoms with Gasteiger partial charge in [-0.05, 0) is 23.6 Å². The van der Waals surface area contributed by atoms with Crippen LogP contribution in [0.1, 0.15) is 33.0 Å². The number of halogens is 3. The Bertz CT molecular complexity index is 1080. The highest BCUT2D eigenvalue weighted by Gasteiger charge is 2.38. The molecule has 0 fully saturated rings. The lowest BCUT2D eigenvalue weighted by atomic mass is 9.85. The van der Waals surface area contributed by atoms with Crippen LogP contribution in [0.3, 0.4) is 0 Å². The average molecular weight is 493 g/mol. The van der Waals surface area contributed by atoms with Crippen LogP contribution in [0.5, 0.6) is 0 Å². The van der Waals surface area contributed by atoms with Crippen LogP contribution in [0.4, 0.5) is 8.78 Å². The van der Waals surface area contributed by atoms with Crippen molar-refractivity contribution in [2.45, 2.75) is 18.0 Å². The van der Waals surface area contributed by atoms with E-state index >= 15 is 0 Å². The van der Waals surface area contributed by atoms with Gasteiger partial charge >= 0.3 is 0 Å². The molecule has 4 nitrogen and oxygen atoms in total. The lowest BCUT2D eigenvalue weighted by Crippen LogP contribution is -2.30. The summed E-state index contributed by atoms with van der Waals surface area (Å²) in [4.78, 5) is 35.1. The van der Waals surface area contributed by atoms with Crippen LogP contribution in [0.2, 0.25) is 0 Å². The second kappa shape index (κ2) is 8.90. The summed E-state index contributed by atoms with van der Waals surface area (Å²) < 4.78 is 38.7. The van der Waals surface area contributed by atoms with Gasteiger partial charge in [0.15, 0.2) is 5.78 Å². The van der Waals surface area contributed by atoms with Crippen molar-refractivity contribution in [1.29, 1.82) is 0 Å². The third kappa shape index (κ3) is 4.76. The summed E-state index contributed by atoms with van der Waals surface area (Å²) in [6.45, 7) is 0. The van der Waals surface area contributed by atoms with E-state index in [0.717, 1.165) is 11.6 Å². The number of alkyl halides is 2. The van der Waals surface area contributed by atoms with Gasteiger partial charge < -0.3 is 14.4 Å². The lowest BCUT2D eigenvalue weighted by Gasteiger charge is -2.38. The van der Waals surface area contributed by atoms with Gasteiger partial charge in [0.05, 0.1) is 5.92 Å². The minimum atomic E-state index is -6.18. The van der Waals surface area contributed by atoms with Crippen molar-refractivity contribution < 1.29 is 27.9 Å². The zero-order chi connectivity index (χ0) is 21.9. The Labute approximate surface area is 180 Å². The fraction of sp³-hybridized carbons (Fsp3) is 0.136. The summed E-state index contributed by atoms with van der Waals surface area (Å²) in [5.74, 6) is -0.701. The molecule has 156 valence electrons. The van der Waals surface area contributed by atoms with Crippen LogP contribution in [-0.2, 0) is 16.6 Å². The zero-order valence-electron chi connectivity index (χ0n) is 15.5. The van der Waals surface area contributed by atoms with E-state index in [-0.39, 0.29) is 16.7 Å². The smallest absolute Gasteiger partial charge is 0.297 e. The molecule has 0 N–H and O–H groups in total. The minimum absolute atomic E-state index is 0.129. The minimum Gasteiger partial charge on any atom is -0.806 e. The fourth-order valence-corrected chi connectivity index (χ4v) is 4.48. The Balaban J connectivity index is 1.97. The summed E-state index contributed by atoms with van der Waals surface area (Å²) in [7, 11) is -6.18. The number of hydrogen-bond donors (Lipinski definition) is 0. The normalized spacial score (nSPS) is 13.1. The maximum atomic E-state index is 14.0. The standard InChI is InChI=1S/C22H18BrF2O4P/c23-20-14-15(11-12-19(20)22(24,25)30(27,28)29)13-18(16-7-3-1-4-8-16)21(26)17-9-5-2-6-10-17/h1-12,14,18H,13H2,(H2,27,28,29)/p-2/t18-/m1/s1. The molecule has 0 amide bonds. The van der Waals surface area contributed by atoms with E-state index in [9.17, 15) is 27.9 Å². The third-order valence-electron chi connectivity index (χ3n) is 4.72. The van der Waals surface area contributed by atoms with E-state index in [1.165, 1.54) is 12.1 Å². The molecular formula is C22H16BrF2O4P-2. The Morgan fingerprint density at radius 1 is 0.967 bits per heavy atom. The maximum Gasteiger partial charge on any atom is 0.297 e. The highest BCUT2D eigenvalue weighted by atomic mass is 79.9. The van der Waals surface area contributed by atoms with E-state index in [0.29, 0.717) is 11.1 Å². The number of Topliss-reactive ketones (excluding diaryl/α,β-unsaturated/α-hetero) is 1. The number of ketones is 1. The van der Waals surface area contributed by atoms with Gasteiger partial charge in [0.2, 0.25) is 0 Å². The van der Waals surface area contributed by atoms with Gasteiger partial charge in [-0.1, -0.05) is 88.7 Å². The summed E-state index contributed by atoms with van der Waals surface area (Å²) in [5.41, 5.74) is -3.65. The summed E-state index contributed by atoms with van der Waals surface area (Å²) in [5, 5.41) is 0. The van der Waals surface area contributed by atoms with Gasteiger partial charge in [-0.3, -0.25) is 4.79 Å². The second-order valence-electron chi connectivity index (χ2n) is 6.75. The highest BCUT2D eigenvalue weighted by molar-refractivity contribution is 9.10. The average Bonchev–Trinajstić information content (AvgIpc) is 2.72. The number of carbonyl (C=O) groups excluding carboxylic acids is 1. The van der Waals surface area contributed by atoms with Crippen molar-refractivity contribution in [1.82, 2.24) is 0 Å². The SMILES string of the molecule is O=C(c1ccccc1)[C@H](Cc1ccc(C(F)(F)P(=O)([O-])[O-])c(Br)c1)c1ccccc1. The predicted octanol–water partition coefficient (Wildman–Crippen LogP) is 4.62. The summed E-state index contributed by atoms with van der Waals surface area (Å²) in [6, 6.07) is 21.3. The third-order valence-corrected chi connectivity index (χ3v) is 6.30. The second-order valence-corrected chi connectivity index (χ2v) is 9.16. The molecule has 0 saturated carbocycles. The van der Waals surface area contributed by atoms with E-state index in [1.807, 2.05) is 18.2 Å². The fourth-order valence-electron chi connectivity index (χ4n) is 3.16. The summed E-state index contributed by atoms with van der Waals surface area (Å²) in [6.07, 6.45) is 0.203. The molecule has 0 saturated heterocycles. The summed E-state index contributed by atoms with van der Waals surface area (Å²) >= 11 is 2.94. The van der Waals surface area contributed by atoms with Crippen LogP contribution >= 0.6 is 23.5 Å². The van der Waals surface area contributed by atoms with Crippen LogP contribution in [0.15, 0.2) is 83.3 Å². The quantitative estimate of drug-likeness (QED) is 0.356. The molecule has 1 atom stereocenters. The van der Waals surface area contributed by atoms with Gasteiger partial charge in [-0.2, -0.15) is 8.78 Å². The van der Waals surface area contributed by atoms with Crippen molar-refractivity contribution in [2.75, 3.05) is 0 Å². The van der Waals surface area contributed by atoms with Gasteiger partial charge in [-0.25, -0.2) is 0 Å². The molecule has 0 heterocycles. The van der Waals surface area contributed by atoms with E-state index < -0.39 is 24.7 Å². The molecule has 3 aromatic carbocycles.